The van der Waals surface area contributed by atoms with E-state index in [-0.39, 0.29) is 30.6 Å². The Morgan fingerprint density at radius 1 is 1.12 bits per heavy atom. The smallest absolute Gasteiger partial charge is 0.356 e. The number of para-hydroxylation sites is 1. The number of aromatic amines is 1. The van der Waals surface area contributed by atoms with Crippen LogP contribution < -0.4 is 15.0 Å². The summed E-state index contributed by atoms with van der Waals surface area (Å²) in [6, 6.07) is 12.0. The highest BCUT2D eigenvalue weighted by Crippen LogP contribution is 2.31. The molecular formula is C24H27FN4O4. The molecule has 1 fully saturated rings. The van der Waals surface area contributed by atoms with E-state index >= 15 is 0 Å². The molecule has 0 unspecified atom stereocenters. The Labute approximate surface area is 191 Å². The largest absolute Gasteiger partial charge is 0.497 e. The fourth-order valence-electron chi connectivity index (χ4n) is 4.02. The number of nitrogens with zero attached hydrogens (tertiary/aromatic N) is 2. The van der Waals surface area contributed by atoms with Crippen LogP contribution >= 0.6 is 0 Å². The molecule has 1 aliphatic rings. The molecule has 0 saturated carbocycles. The summed E-state index contributed by atoms with van der Waals surface area (Å²) in [7, 11) is 1.55. The van der Waals surface area contributed by atoms with Crippen molar-refractivity contribution < 1.29 is 23.5 Å². The van der Waals surface area contributed by atoms with Gasteiger partial charge in [0.2, 0.25) is 5.91 Å². The minimum atomic E-state index is -0.540. The van der Waals surface area contributed by atoms with E-state index in [1.165, 1.54) is 6.07 Å². The zero-order valence-corrected chi connectivity index (χ0v) is 18.7. The third kappa shape index (κ3) is 4.93. The molecule has 1 saturated heterocycles. The summed E-state index contributed by atoms with van der Waals surface area (Å²) in [5, 5.41) is 3.54. The number of carbonyl (C=O) groups is 2. The maximum absolute atomic E-state index is 14.1. The number of H-pyrrole nitrogens is 1. The molecular weight excluding hydrogens is 427 g/mol. The molecule has 3 aromatic rings. The number of methoxy groups -OCH3 is 1. The normalized spacial score (nSPS) is 14.3. The van der Waals surface area contributed by atoms with Gasteiger partial charge in [-0.3, -0.25) is 9.69 Å². The zero-order valence-electron chi connectivity index (χ0n) is 18.7. The van der Waals surface area contributed by atoms with Gasteiger partial charge in [0.05, 0.1) is 31.6 Å². The maximum atomic E-state index is 14.1. The molecule has 33 heavy (non-hydrogen) atoms. The fraction of sp³-hybridized carbons (Fsp3) is 0.333. The van der Waals surface area contributed by atoms with E-state index < -0.39 is 5.97 Å². The van der Waals surface area contributed by atoms with E-state index in [1.807, 2.05) is 15.9 Å². The van der Waals surface area contributed by atoms with E-state index in [4.69, 9.17) is 9.47 Å². The maximum Gasteiger partial charge on any atom is 0.356 e. The first kappa shape index (κ1) is 22.6. The number of aromatic nitrogens is 1. The average molecular weight is 455 g/mol. The van der Waals surface area contributed by atoms with Gasteiger partial charge in [0.1, 0.15) is 17.3 Å². The van der Waals surface area contributed by atoms with Gasteiger partial charge in [-0.1, -0.05) is 12.1 Å². The van der Waals surface area contributed by atoms with Crippen LogP contribution in [-0.2, 0) is 9.53 Å². The lowest BCUT2D eigenvalue weighted by Gasteiger charge is -2.35. The Bertz CT molecular complexity index is 1150. The van der Waals surface area contributed by atoms with Crippen molar-refractivity contribution in [3.8, 4) is 5.75 Å². The van der Waals surface area contributed by atoms with E-state index in [0.29, 0.717) is 54.2 Å². The molecule has 8 nitrogen and oxygen atoms in total. The fourth-order valence-corrected chi connectivity index (χ4v) is 4.02. The molecule has 0 bridgehead atoms. The molecule has 2 aromatic carbocycles. The number of carbonyl (C=O) groups excluding carboxylic acids is 2. The van der Waals surface area contributed by atoms with Crippen molar-refractivity contribution in [2.45, 2.75) is 6.92 Å². The standard InChI is InChI=1S/C24H27FN4O4/c1-3-33-24(31)23-22(17-14-16(32-2)8-9-19(17)26-23)27-21(30)15-28-10-12-29(13-11-28)20-7-5-4-6-18(20)25/h4-9,14,26H,3,10-13,15H2,1-2H3,(H,27,30). The molecule has 9 heteroatoms. The van der Waals surface area contributed by atoms with Gasteiger partial charge < -0.3 is 24.7 Å². The second-order valence-corrected chi connectivity index (χ2v) is 7.77. The molecule has 2 heterocycles. The van der Waals surface area contributed by atoms with Crippen LogP contribution in [0.4, 0.5) is 15.8 Å². The highest BCUT2D eigenvalue weighted by molar-refractivity contribution is 6.11. The topological polar surface area (TPSA) is 86.9 Å². The first-order valence-corrected chi connectivity index (χ1v) is 10.9. The molecule has 1 aromatic heterocycles. The van der Waals surface area contributed by atoms with Crippen LogP contribution in [0, 0.1) is 5.82 Å². The second-order valence-electron chi connectivity index (χ2n) is 7.77. The number of hydrogen-bond acceptors (Lipinski definition) is 6. The Morgan fingerprint density at radius 3 is 2.58 bits per heavy atom. The average Bonchev–Trinajstić information content (AvgIpc) is 3.17. The lowest BCUT2D eigenvalue weighted by Crippen LogP contribution is -2.49. The third-order valence-corrected chi connectivity index (χ3v) is 5.68. The predicted molar refractivity (Wildman–Crippen MR) is 124 cm³/mol. The summed E-state index contributed by atoms with van der Waals surface area (Å²) in [4.78, 5) is 32.4. The first-order chi connectivity index (χ1) is 16.0. The van der Waals surface area contributed by atoms with E-state index in [9.17, 15) is 14.0 Å². The number of halogens is 1. The Morgan fingerprint density at radius 2 is 1.88 bits per heavy atom. The molecule has 174 valence electrons. The summed E-state index contributed by atoms with van der Waals surface area (Å²) >= 11 is 0. The number of hydrogen-bond donors (Lipinski definition) is 2. The molecule has 0 spiro atoms. The number of benzene rings is 2. The van der Waals surface area contributed by atoms with E-state index in [0.717, 1.165) is 0 Å². The van der Waals surface area contributed by atoms with Crippen molar-refractivity contribution in [2.24, 2.45) is 0 Å². The van der Waals surface area contributed by atoms with Crippen molar-refractivity contribution in [1.29, 1.82) is 0 Å². The van der Waals surface area contributed by atoms with Crippen LogP contribution in [0.25, 0.3) is 10.9 Å². The molecule has 4 rings (SSSR count). The van der Waals surface area contributed by atoms with Gasteiger partial charge in [0, 0.05) is 37.1 Å². The van der Waals surface area contributed by atoms with Crippen molar-refractivity contribution in [1.82, 2.24) is 9.88 Å². The number of piperazine rings is 1. The van der Waals surface area contributed by atoms with E-state index in [1.54, 1.807) is 44.4 Å². The Kier molecular flexibility index (Phi) is 6.79. The van der Waals surface area contributed by atoms with Crippen LogP contribution in [0.15, 0.2) is 42.5 Å². The summed E-state index contributed by atoms with van der Waals surface area (Å²) in [5.41, 5.74) is 1.83. The number of anilines is 2. The van der Waals surface area contributed by atoms with Crippen molar-refractivity contribution in [2.75, 3.05) is 56.7 Å². The number of amides is 1. The lowest BCUT2D eigenvalue weighted by molar-refractivity contribution is -0.117. The van der Waals surface area contributed by atoms with Gasteiger partial charge in [-0.15, -0.1) is 0 Å². The Balaban J connectivity index is 1.46. The van der Waals surface area contributed by atoms with Crippen LogP contribution in [0.5, 0.6) is 5.75 Å². The zero-order chi connectivity index (χ0) is 23.4. The third-order valence-electron chi connectivity index (χ3n) is 5.68. The van der Waals surface area contributed by atoms with Crippen molar-refractivity contribution >= 4 is 34.2 Å². The van der Waals surface area contributed by atoms with Gasteiger partial charge >= 0.3 is 5.97 Å². The molecule has 0 aliphatic carbocycles. The minimum Gasteiger partial charge on any atom is -0.497 e. The molecule has 2 N–H and O–H groups in total. The first-order valence-electron chi connectivity index (χ1n) is 10.9. The van der Waals surface area contributed by atoms with Crippen molar-refractivity contribution in [3.05, 3.63) is 54.0 Å². The van der Waals surface area contributed by atoms with Crippen LogP contribution in [0.2, 0.25) is 0 Å². The summed E-state index contributed by atoms with van der Waals surface area (Å²) in [6.07, 6.45) is 0. The highest BCUT2D eigenvalue weighted by atomic mass is 19.1. The number of fused-ring (bicyclic) bond motifs is 1. The molecule has 1 amide bonds. The van der Waals surface area contributed by atoms with Crippen LogP contribution in [-0.4, -0.2) is 68.2 Å². The minimum absolute atomic E-state index is 0.157. The summed E-state index contributed by atoms with van der Waals surface area (Å²) in [5.74, 6) is -0.424. The molecule has 0 radical (unpaired) electrons. The summed E-state index contributed by atoms with van der Waals surface area (Å²) in [6.45, 7) is 4.57. The SMILES string of the molecule is CCOC(=O)c1[nH]c2ccc(OC)cc2c1NC(=O)CN1CCN(c2ccccc2F)CC1. The lowest BCUT2D eigenvalue weighted by atomic mass is 10.2. The Hall–Kier alpha value is -3.59. The van der Waals surface area contributed by atoms with Gasteiger partial charge in [0.15, 0.2) is 0 Å². The van der Waals surface area contributed by atoms with E-state index in [2.05, 4.69) is 10.3 Å². The van der Waals surface area contributed by atoms with Gasteiger partial charge in [-0.05, 0) is 37.3 Å². The molecule has 0 atom stereocenters. The van der Waals surface area contributed by atoms with Gasteiger partial charge in [0.25, 0.3) is 0 Å². The molecule has 1 aliphatic heterocycles. The number of esters is 1. The van der Waals surface area contributed by atoms with Crippen molar-refractivity contribution in [3.63, 3.8) is 0 Å². The summed E-state index contributed by atoms with van der Waals surface area (Å²) < 4.78 is 24.5. The van der Waals surface area contributed by atoms with Crippen LogP contribution in [0.3, 0.4) is 0 Å². The second kappa shape index (κ2) is 9.91. The van der Waals surface area contributed by atoms with Crippen LogP contribution in [0.1, 0.15) is 17.4 Å². The number of ether oxygens (including phenoxy) is 2. The number of rotatable bonds is 7. The van der Waals surface area contributed by atoms with Gasteiger partial charge in [-0.25, -0.2) is 9.18 Å². The quantitative estimate of drug-likeness (QED) is 0.533. The highest BCUT2D eigenvalue weighted by Gasteiger charge is 2.24. The van der Waals surface area contributed by atoms with Gasteiger partial charge in [-0.2, -0.15) is 0 Å². The monoisotopic (exact) mass is 454 g/mol. The predicted octanol–water partition coefficient (Wildman–Crippen LogP) is 3.25. The number of nitrogens with one attached hydrogen (secondary N) is 2.